The van der Waals surface area contributed by atoms with Crippen molar-refractivity contribution in [3.8, 4) is 0 Å². The van der Waals surface area contributed by atoms with Crippen LogP contribution in [0, 0.1) is 5.41 Å². The van der Waals surface area contributed by atoms with Crippen LogP contribution in [0.15, 0.2) is 41.6 Å². The zero-order valence-corrected chi connectivity index (χ0v) is 15.6. The Hall–Kier alpha value is -2.63. The van der Waals surface area contributed by atoms with E-state index in [1.165, 1.54) is 7.11 Å². The van der Waals surface area contributed by atoms with Crippen LogP contribution < -0.4 is 5.32 Å². The zero-order valence-electron chi connectivity index (χ0n) is 15.6. The maximum atomic E-state index is 12.7. The second-order valence-corrected chi connectivity index (χ2v) is 6.96. The molecule has 0 aliphatic carbocycles. The summed E-state index contributed by atoms with van der Waals surface area (Å²) in [6, 6.07) is 7.20. The molecule has 0 aromatic heterocycles. The van der Waals surface area contributed by atoms with E-state index < -0.39 is 11.4 Å². The van der Waals surface area contributed by atoms with E-state index in [-0.39, 0.29) is 18.9 Å². The van der Waals surface area contributed by atoms with Crippen molar-refractivity contribution in [2.45, 2.75) is 33.1 Å². The molecule has 26 heavy (non-hydrogen) atoms. The predicted octanol–water partition coefficient (Wildman–Crippen LogP) is 2.88. The summed E-state index contributed by atoms with van der Waals surface area (Å²) in [4.78, 5) is 29.8. The van der Waals surface area contributed by atoms with Crippen molar-refractivity contribution in [3.05, 3.63) is 47.5 Å². The van der Waals surface area contributed by atoms with E-state index in [2.05, 4.69) is 17.1 Å². The quantitative estimate of drug-likeness (QED) is 0.476. The Balaban J connectivity index is 2.33. The van der Waals surface area contributed by atoms with Crippen molar-refractivity contribution in [1.29, 1.82) is 0 Å². The van der Waals surface area contributed by atoms with Crippen molar-refractivity contribution < 1.29 is 19.2 Å². The molecule has 0 spiro atoms. The van der Waals surface area contributed by atoms with Gasteiger partial charge in [-0.25, -0.2) is 4.79 Å². The normalized spacial score (nSPS) is 20.6. The molecule has 1 aromatic carbocycles. The molecule has 0 saturated heterocycles. The van der Waals surface area contributed by atoms with E-state index in [9.17, 15) is 9.59 Å². The number of carbonyl (C=O) groups is 2. The number of hydrogen-bond donors (Lipinski definition) is 1. The number of ether oxygens (including phenoxy) is 1. The number of nitrogens with zero attached hydrogens (tertiary/aromatic N) is 1. The third kappa shape index (κ3) is 4.94. The average Bonchev–Trinajstić information content (AvgIpc) is 2.61. The fraction of sp³-hybridized carbons (Fsp3) is 0.450. The van der Waals surface area contributed by atoms with Crippen LogP contribution in [0.1, 0.15) is 42.6 Å². The van der Waals surface area contributed by atoms with Gasteiger partial charge >= 0.3 is 5.97 Å². The van der Waals surface area contributed by atoms with E-state index in [4.69, 9.17) is 9.57 Å². The molecule has 0 atom stereocenters. The van der Waals surface area contributed by atoms with Crippen LogP contribution in [0.4, 0.5) is 0 Å². The first-order valence-electron chi connectivity index (χ1n) is 8.66. The molecule has 1 aromatic rings. The van der Waals surface area contributed by atoms with Gasteiger partial charge in [0.05, 0.1) is 12.3 Å². The summed E-state index contributed by atoms with van der Waals surface area (Å²) < 4.78 is 5.30. The van der Waals surface area contributed by atoms with Crippen molar-refractivity contribution in [3.63, 3.8) is 0 Å². The van der Waals surface area contributed by atoms with Crippen LogP contribution in [0.3, 0.4) is 0 Å². The maximum absolute atomic E-state index is 12.7. The second kappa shape index (κ2) is 8.65. The summed E-state index contributed by atoms with van der Waals surface area (Å²) in [5.74, 6) is -0.634. The van der Waals surface area contributed by atoms with Crippen molar-refractivity contribution >= 4 is 17.6 Å². The standard InChI is InChI=1S/C20H26N2O4/c1-14-12-15-8-5-6-9-16(15)18(23)21-13-20(2,3)17(22-25-4)10-7-11-26-19(14)24/h5-6,8-9H,1,7,10-13H2,2-4H3,(H,21,23)/b22-17+. The Morgan fingerprint density at radius 3 is 2.73 bits per heavy atom. The molecule has 0 bridgehead atoms. The van der Waals surface area contributed by atoms with Crippen LogP contribution in [0.25, 0.3) is 0 Å². The highest BCUT2D eigenvalue weighted by Crippen LogP contribution is 2.22. The van der Waals surface area contributed by atoms with E-state index in [1.54, 1.807) is 12.1 Å². The minimum atomic E-state index is -0.443. The highest BCUT2D eigenvalue weighted by Gasteiger charge is 2.27. The summed E-state index contributed by atoms with van der Waals surface area (Å²) in [5, 5.41) is 7.09. The number of oxime groups is 1. The lowest BCUT2D eigenvalue weighted by Crippen LogP contribution is -2.39. The summed E-state index contributed by atoms with van der Waals surface area (Å²) in [6.45, 7) is 8.50. The van der Waals surface area contributed by atoms with Gasteiger partial charge in [0, 0.05) is 29.5 Å². The topological polar surface area (TPSA) is 77.0 Å². The van der Waals surface area contributed by atoms with Gasteiger partial charge in [-0.1, -0.05) is 43.8 Å². The van der Waals surface area contributed by atoms with Gasteiger partial charge in [0.25, 0.3) is 5.91 Å². The van der Waals surface area contributed by atoms with E-state index in [1.807, 2.05) is 26.0 Å². The van der Waals surface area contributed by atoms with Crippen molar-refractivity contribution in [2.24, 2.45) is 10.6 Å². The summed E-state index contributed by atoms with van der Waals surface area (Å²) >= 11 is 0. The van der Waals surface area contributed by atoms with Gasteiger partial charge in [-0.05, 0) is 24.5 Å². The number of amides is 1. The Kier molecular flexibility index (Phi) is 6.55. The summed E-state index contributed by atoms with van der Waals surface area (Å²) in [5.41, 5.74) is 2.01. The van der Waals surface area contributed by atoms with Gasteiger partial charge in [-0.15, -0.1) is 0 Å². The van der Waals surface area contributed by atoms with Gasteiger partial charge in [0.1, 0.15) is 7.11 Å². The molecular formula is C20H26N2O4. The zero-order chi connectivity index (χ0) is 19.2. The Morgan fingerprint density at radius 1 is 1.27 bits per heavy atom. The van der Waals surface area contributed by atoms with E-state index in [0.29, 0.717) is 30.5 Å². The first-order chi connectivity index (χ1) is 12.3. The maximum Gasteiger partial charge on any atom is 0.333 e. The highest BCUT2D eigenvalue weighted by atomic mass is 16.6. The molecule has 1 aliphatic rings. The molecule has 0 radical (unpaired) electrons. The Bertz CT molecular complexity index is 722. The molecule has 1 heterocycles. The molecule has 2 rings (SSSR count). The molecule has 1 N–H and O–H groups in total. The van der Waals surface area contributed by atoms with Crippen molar-refractivity contribution in [2.75, 3.05) is 20.3 Å². The lowest BCUT2D eigenvalue weighted by atomic mass is 9.84. The minimum absolute atomic E-state index is 0.191. The molecule has 1 amide bonds. The van der Waals surface area contributed by atoms with Crippen LogP contribution in [-0.4, -0.2) is 37.8 Å². The number of esters is 1. The molecular weight excluding hydrogens is 332 g/mol. The molecule has 6 nitrogen and oxygen atoms in total. The molecule has 0 saturated carbocycles. The van der Waals surface area contributed by atoms with Gasteiger partial charge < -0.3 is 14.9 Å². The fourth-order valence-corrected chi connectivity index (χ4v) is 2.82. The van der Waals surface area contributed by atoms with Gasteiger partial charge in [0.15, 0.2) is 0 Å². The molecule has 0 fully saturated rings. The fourth-order valence-electron chi connectivity index (χ4n) is 2.82. The Labute approximate surface area is 154 Å². The highest BCUT2D eigenvalue weighted by molar-refractivity contribution is 5.97. The number of hydrogen-bond acceptors (Lipinski definition) is 5. The monoisotopic (exact) mass is 358 g/mol. The predicted molar refractivity (Wildman–Crippen MR) is 100 cm³/mol. The first-order valence-corrected chi connectivity index (χ1v) is 8.66. The molecule has 0 unspecified atom stereocenters. The third-order valence-corrected chi connectivity index (χ3v) is 4.42. The van der Waals surface area contributed by atoms with Gasteiger partial charge in [-0.2, -0.15) is 0 Å². The van der Waals surface area contributed by atoms with Gasteiger partial charge in [0.2, 0.25) is 0 Å². The lowest BCUT2D eigenvalue weighted by molar-refractivity contribution is -0.139. The van der Waals surface area contributed by atoms with E-state index in [0.717, 1.165) is 11.3 Å². The Morgan fingerprint density at radius 2 is 2.00 bits per heavy atom. The molecule has 140 valence electrons. The smallest absolute Gasteiger partial charge is 0.333 e. The van der Waals surface area contributed by atoms with E-state index >= 15 is 0 Å². The number of cyclic esters (lactones) is 1. The number of rotatable bonds is 1. The number of nitrogens with one attached hydrogen (secondary N) is 1. The van der Waals surface area contributed by atoms with Crippen LogP contribution in [0.2, 0.25) is 0 Å². The molecule has 1 aliphatic heterocycles. The largest absolute Gasteiger partial charge is 0.462 e. The summed E-state index contributed by atoms with van der Waals surface area (Å²) in [6.07, 6.45) is 1.50. The first kappa shape index (κ1) is 19.7. The summed E-state index contributed by atoms with van der Waals surface area (Å²) in [7, 11) is 1.49. The third-order valence-electron chi connectivity index (χ3n) is 4.42. The number of carbonyl (C=O) groups excluding carboxylic acids is 2. The van der Waals surface area contributed by atoms with Gasteiger partial charge in [-0.3, -0.25) is 4.79 Å². The minimum Gasteiger partial charge on any atom is -0.462 e. The SMILES string of the molecule is C=C1Cc2ccccc2C(=O)NCC(C)(C)/C(=N/OC)CCCOC1=O. The van der Waals surface area contributed by atoms with Crippen LogP contribution in [0.5, 0.6) is 0 Å². The number of fused-ring (bicyclic) bond motifs is 1. The van der Waals surface area contributed by atoms with Crippen molar-refractivity contribution in [1.82, 2.24) is 5.32 Å². The lowest BCUT2D eigenvalue weighted by Gasteiger charge is -2.27. The van der Waals surface area contributed by atoms with Crippen LogP contribution >= 0.6 is 0 Å². The average molecular weight is 358 g/mol. The molecule has 6 heteroatoms. The number of benzene rings is 1. The van der Waals surface area contributed by atoms with Crippen LogP contribution in [-0.2, 0) is 20.8 Å². The second-order valence-electron chi connectivity index (χ2n) is 6.96.